The van der Waals surface area contributed by atoms with E-state index in [0.717, 1.165) is 12.6 Å². The number of amides is 2. The van der Waals surface area contributed by atoms with Crippen LogP contribution in [0.1, 0.15) is 17.9 Å². The third-order valence-corrected chi connectivity index (χ3v) is 3.36. The van der Waals surface area contributed by atoms with Gasteiger partial charge in [0.1, 0.15) is 0 Å². The van der Waals surface area contributed by atoms with Crippen LogP contribution in [0.5, 0.6) is 0 Å². The number of nitrogens with zero attached hydrogens (tertiary/aromatic N) is 1. The van der Waals surface area contributed by atoms with Crippen molar-refractivity contribution in [2.24, 2.45) is 0 Å². The van der Waals surface area contributed by atoms with Gasteiger partial charge in [0.05, 0.1) is 11.9 Å². The van der Waals surface area contributed by atoms with Gasteiger partial charge in [0, 0.05) is 18.2 Å². The molecule has 1 aliphatic carbocycles. The van der Waals surface area contributed by atoms with Gasteiger partial charge in [0.15, 0.2) is 5.82 Å². The molecule has 1 heterocycles. The molecular formula is C15H14FN3O. The summed E-state index contributed by atoms with van der Waals surface area (Å²) < 4.78 is 13.3. The molecule has 0 bridgehead atoms. The Kier molecular flexibility index (Phi) is 3.33. The minimum absolute atomic E-state index is 0.113. The first-order valence-electron chi connectivity index (χ1n) is 6.46. The lowest BCUT2D eigenvalue weighted by Gasteiger charge is -2.07. The van der Waals surface area contributed by atoms with Crippen molar-refractivity contribution in [3.8, 4) is 0 Å². The largest absolute Gasteiger partial charge is 0.334 e. The van der Waals surface area contributed by atoms with E-state index in [2.05, 4.69) is 15.6 Å². The number of rotatable bonds is 3. The molecule has 2 N–H and O–H groups in total. The Hall–Kier alpha value is -2.43. The maximum Gasteiger partial charge on any atom is 0.319 e. The molecule has 2 aromatic rings. The number of carbonyl (C=O) groups excluding carboxylic acids is 1. The Morgan fingerprint density at radius 1 is 1.25 bits per heavy atom. The highest BCUT2D eigenvalue weighted by Crippen LogP contribution is 2.40. The number of carbonyl (C=O) groups is 1. The maximum atomic E-state index is 13.3. The van der Waals surface area contributed by atoms with Gasteiger partial charge in [0.2, 0.25) is 0 Å². The molecule has 102 valence electrons. The van der Waals surface area contributed by atoms with Gasteiger partial charge in [0.25, 0.3) is 0 Å². The summed E-state index contributed by atoms with van der Waals surface area (Å²) in [6.07, 6.45) is 3.42. The van der Waals surface area contributed by atoms with Crippen LogP contribution in [0.4, 0.5) is 14.9 Å². The second-order valence-corrected chi connectivity index (χ2v) is 4.81. The van der Waals surface area contributed by atoms with Crippen molar-refractivity contribution in [3.63, 3.8) is 0 Å². The zero-order valence-electron chi connectivity index (χ0n) is 10.7. The molecule has 0 saturated heterocycles. The number of nitrogens with one attached hydrogen (secondary N) is 2. The van der Waals surface area contributed by atoms with Crippen LogP contribution in [0.2, 0.25) is 0 Å². The molecule has 2 amide bonds. The lowest BCUT2D eigenvalue weighted by molar-refractivity contribution is 0.251. The molecule has 3 rings (SSSR count). The van der Waals surface area contributed by atoms with E-state index in [4.69, 9.17) is 0 Å². The molecule has 0 radical (unpaired) electrons. The fourth-order valence-electron chi connectivity index (χ4n) is 2.23. The van der Waals surface area contributed by atoms with E-state index < -0.39 is 11.8 Å². The van der Waals surface area contributed by atoms with Gasteiger partial charge in [-0.05, 0) is 18.1 Å². The molecule has 1 fully saturated rings. The van der Waals surface area contributed by atoms with Gasteiger partial charge < -0.3 is 10.6 Å². The van der Waals surface area contributed by atoms with Gasteiger partial charge in [-0.2, -0.15) is 0 Å². The highest BCUT2D eigenvalue weighted by Gasteiger charge is 2.39. The Morgan fingerprint density at radius 2 is 2.05 bits per heavy atom. The summed E-state index contributed by atoms with van der Waals surface area (Å²) in [5.74, 6) is -0.192. The Labute approximate surface area is 116 Å². The monoisotopic (exact) mass is 271 g/mol. The number of hydrogen-bond donors (Lipinski definition) is 2. The second-order valence-electron chi connectivity index (χ2n) is 4.81. The SMILES string of the molecule is O=C(Nc1ccncc1F)N[C@@H]1C[C@@H]1c1ccccc1. The molecule has 4 nitrogen and oxygen atoms in total. The average Bonchev–Trinajstić information content (AvgIpc) is 3.21. The number of benzene rings is 1. The van der Waals surface area contributed by atoms with Gasteiger partial charge in [-0.1, -0.05) is 30.3 Å². The van der Waals surface area contributed by atoms with Gasteiger partial charge in [-0.25, -0.2) is 9.18 Å². The van der Waals surface area contributed by atoms with Crippen LogP contribution in [0.15, 0.2) is 48.8 Å². The molecule has 2 atom stereocenters. The fraction of sp³-hybridized carbons (Fsp3) is 0.200. The molecule has 20 heavy (non-hydrogen) atoms. The van der Waals surface area contributed by atoms with Crippen LogP contribution in [0.3, 0.4) is 0 Å². The summed E-state index contributed by atoms with van der Waals surface area (Å²) in [5, 5.41) is 5.33. The van der Waals surface area contributed by atoms with Crippen LogP contribution < -0.4 is 10.6 Å². The lowest BCUT2D eigenvalue weighted by atomic mass is 10.1. The van der Waals surface area contributed by atoms with E-state index in [-0.39, 0.29) is 11.7 Å². The van der Waals surface area contributed by atoms with Crippen LogP contribution in [0.25, 0.3) is 0 Å². The molecule has 0 aliphatic heterocycles. The van der Waals surface area contributed by atoms with E-state index in [0.29, 0.717) is 5.92 Å². The number of hydrogen-bond acceptors (Lipinski definition) is 2. The van der Waals surface area contributed by atoms with E-state index in [1.54, 1.807) is 0 Å². The summed E-state index contributed by atoms with van der Waals surface area (Å²) in [6.45, 7) is 0. The maximum absolute atomic E-state index is 13.3. The number of urea groups is 1. The summed E-state index contributed by atoms with van der Waals surface area (Å²) in [4.78, 5) is 15.4. The number of anilines is 1. The third kappa shape index (κ3) is 2.77. The molecule has 1 aromatic carbocycles. The zero-order valence-corrected chi connectivity index (χ0v) is 10.7. The Morgan fingerprint density at radius 3 is 2.80 bits per heavy atom. The van der Waals surface area contributed by atoms with Crippen LogP contribution >= 0.6 is 0 Å². The van der Waals surface area contributed by atoms with Crippen LogP contribution in [-0.2, 0) is 0 Å². The summed E-state index contributed by atoms with van der Waals surface area (Å²) in [6, 6.07) is 11.2. The molecule has 1 aromatic heterocycles. The first kappa shape index (κ1) is 12.6. The predicted octanol–water partition coefficient (Wildman–Crippen LogP) is 2.90. The normalized spacial score (nSPS) is 20.2. The van der Waals surface area contributed by atoms with Crippen LogP contribution in [-0.4, -0.2) is 17.1 Å². The topological polar surface area (TPSA) is 54.0 Å². The van der Waals surface area contributed by atoms with E-state index >= 15 is 0 Å². The molecule has 0 spiro atoms. The number of aromatic nitrogens is 1. The van der Waals surface area contributed by atoms with Crippen molar-refractivity contribution in [2.45, 2.75) is 18.4 Å². The molecule has 5 heteroatoms. The predicted molar refractivity (Wildman–Crippen MR) is 73.9 cm³/mol. The average molecular weight is 271 g/mol. The van der Waals surface area contributed by atoms with Gasteiger partial charge in [-0.15, -0.1) is 0 Å². The van der Waals surface area contributed by atoms with E-state index in [1.807, 2.05) is 30.3 Å². The molecule has 1 aliphatic rings. The minimum atomic E-state index is -0.543. The zero-order chi connectivity index (χ0) is 13.9. The third-order valence-electron chi connectivity index (χ3n) is 3.36. The van der Waals surface area contributed by atoms with Gasteiger partial charge >= 0.3 is 6.03 Å². The molecular weight excluding hydrogens is 257 g/mol. The number of halogens is 1. The number of pyridine rings is 1. The van der Waals surface area contributed by atoms with Gasteiger partial charge in [-0.3, -0.25) is 4.98 Å². The Bertz CT molecular complexity index is 618. The fourth-order valence-corrected chi connectivity index (χ4v) is 2.23. The molecule has 0 unspecified atom stereocenters. The highest BCUT2D eigenvalue weighted by atomic mass is 19.1. The first-order chi connectivity index (χ1) is 9.74. The highest BCUT2D eigenvalue weighted by molar-refractivity contribution is 5.89. The van der Waals surface area contributed by atoms with Crippen molar-refractivity contribution in [1.29, 1.82) is 0 Å². The van der Waals surface area contributed by atoms with Crippen molar-refractivity contribution in [2.75, 3.05) is 5.32 Å². The summed E-state index contributed by atoms with van der Waals surface area (Å²) in [5.41, 5.74) is 1.35. The van der Waals surface area contributed by atoms with Crippen molar-refractivity contribution >= 4 is 11.7 Å². The first-order valence-corrected chi connectivity index (χ1v) is 6.46. The van der Waals surface area contributed by atoms with Crippen LogP contribution in [0, 0.1) is 5.82 Å². The second kappa shape index (κ2) is 5.28. The van der Waals surface area contributed by atoms with Crippen molar-refractivity contribution in [3.05, 3.63) is 60.2 Å². The summed E-state index contributed by atoms with van der Waals surface area (Å²) in [7, 11) is 0. The smallest absolute Gasteiger partial charge is 0.319 e. The standard InChI is InChI=1S/C15H14FN3O/c16-12-9-17-7-6-13(12)18-15(20)19-14-8-11(14)10-4-2-1-3-5-10/h1-7,9,11,14H,8H2,(H2,17,18,19,20)/t11-,14-/m1/s1. The van der Waals surface area contributed by atoms with Crippen molar-refractivity contribution in [1.82, 2.24) is 10.3 Å². The quantitative estimate of drug-likeness (QED) is 0.901. The molecule has 1 saturated carbocycles. The minimum Gasteiger partial charge on any atom is -0.334 e. The van der Waals surface area contributed by atoms with E-state index in [1.165, 1.54) is 17.8 Å². The lowest BCUT2D eigenvalue weighted by Crippen LogP contribution is -2.31. The Balaban J connectivity index is 1.55. The van der Waals surface area contributed by atoms with Crippen molar-refractivity contribution < 1.29 is 9.18 Å². The van der Waals surface area contributed by atoms with E-state index in [9.17, 15) is 9.18 Å². The summed E-state index contributed by atoms with van der Waals surface area (Å²) >= 11 is 0.